The maximum atomic E-state index is 12.5. The molecule has 0 heterocycles. The fourth-order valence-electron chi connectivity index (χ4n) is 3.07. The number of carboxylic acid groups (broad SMARTS) is 2. The molecule has 0 aromatic heterocycles. The maximum Gasteiger partial charge on any atom is 0.341 e. The maximum absolute atomic E-state index is 12.5. The minimum absolute atomic E-state index is 0.426. The van der Waals surface area contributed by atoms with E-state index in [1.54, 1.807) is 48.5 Å². The summed E-state index contributed by atoms with van der Waals surface area (Å²) in [4.78, 5) is 23.3. The predicted molar refractivity (Wildman–Crippen MR) is 99.1 cm³/mol. The van der Waals surface area contributed by atoms with Gasteiger partial charge in [-0.2, -0.15) is 0 Å². The van der Waals surface area contributed by atoms with Crippen molar-refractivity contribution in [2.45, 2.75) is 11.6 Å². The molecule has 0 aliphatic heterocycles. The van der Waals surface area contributed by atoms with Crippen LogP contribution in [-0.4, -0.2) is 36.4 Å². The molecule has 2 N–H and O–H groups in total. The van der Waals surface area contributed by atoms with Crippen molar-refractivity contribution in [3.63, 3.8) is 0 Å². The molecule has 27 heavy (non-hydrogen) atoms. The third kappa shape index (κ3) is 4.09. The van der Waals surface area contributed by atoms with Crippen LogP contribution in [0, 0.1) is 5.92 Å². The first-order valence-electron chi connectivity index (χ1n) is 8.02. The molecule has 2 rings (SSSR count). The molecule has 2 aromatic rings. The summed E-state index contributed by atoms with van der Waals surface area (Å²) < 4.78 is 22.7. The van der Waals surface area contributed by atoms with E-state index in [-0.39, 0.29) is 0 Å². The smallest absolute Gasteiger partial charge is 0.341 e. The van der Waals surface area contributed by atoms with Gasteiger partial charge in [0.1, 0.15) is 17.4 Å². The third-order valence-corrected chi connectivity index (χ3v) is 5.70. The lowest BCUT2D eigenvalue weighted by atomic mass is 9.77. The lowest BCUT2D eigenvalue weighted by Gasteiger charge is -2.28. The minimum Gasteiger partial charge on any atom is -0.497 e. The molecule has 142 valence electrons. The molecular formula is C19H20O7P+. The largest absolute Gasteiger partial charge is 0.497 e. The Hall–Kier alpha value is -2.92. The number of carbonyl (C=O) groups is 2. The van der Waals surface area contributed by atoms with Crippen LogP contribution in [0.2, 0.25) is 0 Å². The Bertz CT molecular complexity index is 767. The van der Waals surface area contributed by atoms with E-state index in [4.69, 9.17) is 9.47 Å². The highest BCUT2D eigenvalue weighted by atomic mass is 31.1. The van der Waals surface area contributed by atoms with Gasteiger partial charge in [-0.25, -0.2) is 0 Å². The second-order valence-electron chi connectivity index (χ2n) is 5.86. The molecule has 0 fully saturated rings. The zero-order chi connectivity index (χ0) is 20.0. The molecule has 0 spiro atoms. The van der Waals surface area contributed by atoms with Gasteiger partial charge < -0.3 is 19.7 Å². The number of methoxy groups -OCH3 is 2. The van der Waals surface area contributed by atoms with E-state index in [1.807, 2.05) is 0 Å². The second-order valence-corrected chi connectivity index (χ2v) is 6.85. The monoisotopic (exact) mass is 391 g/mol. The summed E-state index contributed by atoms with van der Waals surface area (Å²) in [5.74, 6) is -2.98. The van der Waals surface area contributed by atoms with Gasteiger partial charge in [0.15, 0.2) is 0 Å². The molecule has 0 amide bonds. The Kier molecular flexibility index (Phi) is 6.53. The van der Waals surface area contributed by atoms with E-state index in [9.17, 15) is 24.4 Å². The first-order chi connectivity index (χ1) is 12.9. The Labute approximate surface area is 157 Å². The highest BCUT2D eigenvalue weighted by Gasteiger charge is 2.54. The van der Waals surface area contributed by atoms with Crippen molar-refractivity contribution in [1.29, 1.82) is 0 Å². The van der Waals surface area contributed by atoms with Crippen molar-refractivity contribution in [3.05, 3.63) is 59.7 Å². The highest BCUT2D eigenvalue weighted by Crippen LogP contribution is 2.50. The zero-order valence-electron chi connectivity index (χ0n) is 14.8. The van der Waals surface area contributed by atoms with E-state index in [0.29, 0.717) is 22.6 Å². The van der Waals surface area contributed by atoms with Crippen molar-refractivity contribution in [2.75, 3.05) is 14.2 Å². The van der Waals surface area contributed by atoms with E-state index in [2.05, 4.69) is 0 Å². The van der Waals surface area contributed by atoms with Crippen molar-refractivity contribution in [3.8, 4) is 11.5 Å². The summed E-state index contributed by atoms with van der Waals surface area (Å²) in [6.45, 7) is 0. The number of hydrogen-bond donors (Lipinski definition) is 2. The van der Waals surface area contributed by atoms with Crippen molar-refractivity contribution in [2.24, 2.45) is 5.92 Å². The molecule has 0 saturated heterocycles. The van der Waals surface area contributed by atoms with Crippen LogP contribution in [0.25, 0.3) is 0 Å². The Morgan fingerprint density at radius 2 is 1.33 bits per heavy atom. The number of ether oxygens (including phenoxy) is 2. The summed E-state index contributed by atoms with van der Waals surface area (Å²) in [5, 5.41) is 17.5. The summed E-state index contributed by atoms with van der Waals surface area (Å²) in [5.41, 5.74) is 0.853. The molecular weight excluding hydrogens is 371 g/mol. The summed E-state index contributed by atoms with van der Waals surface area (Å²) in [7, 11) is 1.85. The van der Waals surface area contributed by atoms with E-state index < -0.39 is 37.9 Å². The zero-order valence-corrected chi connectivity index (χ0v) is 15.8. The van der Waals surface area contributed by atoms with Crippen LogP contribution in [-0.2, 0) is 19.3 Å². The van der Waals surface area contributed by atoms with Gasteiger partial charge in [-0.3, -0.25) is 9.59 Å². The Balaban J connectivity index is 2.74. The lowest BCUT2D eigenvalue weighted by Crippen LogP contribution is -2.38. The SMILES string of the molecule is COc1ccc(C([PH+]=O)(c2ccc(OC)cc2)C(CC(=O)O)C(=O)O)cc1. The van der Waals surface area contributed by atoms with Crippen LogP contribution in [0.3, 0.4) is 0 Å². The van der Waals surface area contributed by atoms with E-state index in [0.717, 1.165) is 0 Å². The van der Waals surface area contributed by atoms with E-state index in [1.165, 1.54) is 14.2 Å². The Morgan fingerprint density at radius 3 is 1.59 bits per heavy atom. The summed E-state index contributed by atoms with van der Waals surface area (Å²) in [6.07, 6.45) is -0.678. The number of benzene rings is 2. The third-order valence-electron chi connectivity index (χ3n) is 4.45. The molecule has 8 heteroatoms. The van der Waals surface area contributed by atoms with Crippen molar-refractivity contribution < 1.29 is 33.8 Å². The number of rotatable bonds is 9. The van der Waals surface area contributed by atoms with Gasteiger partial charge in [-0.15, -0.1) is 0 Å². The van der Waals surface area contributed by atoms with Crippen LogP contribution in [0.15, 0.2) is 48.5 Å². The molecule has 0 aliphatic rings. The molecule has 0 radical (unpaired) electrons. The van der Waals surface area contributed by atoms with Crippen LogP contribution in [0.1, 0.15) is 17.5 Å². The standard InChI is InChI=1S/C19H19O7P/c1-25-14-7-3-12(4-8-14)19(27-24,16(18(22)23)11-17(20)21)13-5-9-15(26-2)10-6-13/h3-10,16H,11H2,1-2H3,(H,20,21)(H,22,23)/p+1. The normalized spacial score (nSPS) is 12.4. The summed E-state index contributed by atoms with van der Waals surface area (Å²) >= 11 is 0. The van der Waals surface area contributed by atoms with Crippen LogP contribution < -0.4 is 9.47 Å². The number of carboxylic acids is 2. The van der Waals surface area contributed by atoms with Crippen LogP contribution in [0.5, 0.6) is 11.5 Å². The topological polar surface area (TPSA) is 110 Å². The van der Waals surface area contributed by atoms with E-state index >= 15 is 0 Å². The highest BCUT2D eigenvalue weighted by molar-refractivity contribution is 7.26. The minimum atomic E-state index is -1.54. The van der Waals surface area contributed by atoms with Gasteiger partial charge in [-0.05, 0) is 24.3 Å². The molecule has 7 nitrogen and oxygen atoms in total. The van der Waals surface area contributed by atoms with Gasteiger partial charge >= 0.3 is 20.4 Å². The average Bonchev–Trinajstić information content (AvgIpc) is 2.68. The first kappa shape index (κ1) is 20.4. The second kappa shape index (κ2) is 8.64. The molecule has 0 saturated carbocycles. The van der Waals surface area contributed by atoms with Crippen molar-refractivity contribution in [1.82, 2.24) is 0 Å². The summed E-state index contributed by atoms with van der Waals surface area (Å²) in [6, 6.07) is 12.9. The van der Waals surface area contributed by atoms with Gasteiger partial charge in [0.2, 0.25) is 5.16 Å². The molecule has 0 aliphatic carbocycles. The lowest BCUT2D eigenvalue weighted by molar-refractivity contribution is -0.149. The fraction of sp³-hybridized carbons (Fsp3) is 0.263. The molecule has 2 unspecified atom stereocenters. The first-order valence-corrected chi connectivity index (χ1v) is 8.92. The molecule has 2 aromatic carbocycles. The fourth-order valence-corrected chi connectivity index (χ4v) is 4.00. The van der Waals surface area contributed by atoms with Crippen LogP contribution in [0.4, 0.5) is 0 Å². The molecule has 0 bridgehead atoms. The van der Waals surface area contributed by atoms with Gasteiger partial charge in [0.25, 0.3) is 0 Å². The number of aliphatic carboxylic acids is 2. The van der Waals surface area contributed by atoms with Crippen LogP contribution >= 0.6 is 8.46 Å². The predicted octanol–water partition coefficient (Wildman–Crippen LogP) is 3.15. The van der Waals surface area contributed by atoms with Gasteiger partial charge in [0, 0.05) is 11.1 Å². The van der Waals surface area contributed by atoms with Gasteiger partial charge in [0.05, 0.1) is 20.6 Å². The number of hydrogen-bond acceptors (Lipinski definition) is 5. The average molecular weight is 391 g/mol. The van der Waals surface area contributed by atoms with Crippen molar-refractivity contribution >= 4 is 20.4 Å². The van der Waals surface area contributed by atoms with Gasteiger partial charge in [-0.1, -0.05) is 28.8 Å². The quantitative estimate of drug-likeness (QED) is 0.632. The Morgan fingerprint density at radius 1 is 0.926 bits per heavy atom. The molecule has 2 atom stereocenters.